The smallest absolute Gasteiger partial charge is 0.411 e. The zero-order valence-corrected chi connectivity index (χ0v) is 10.7. The van der Waals surface area contributed by atoms with Crippen LogP contribution in [-0.4, -0.2) is 17.7 Å². The van der Waals surface area contributed by atoms with Crippen molar-refractivity contribution in [3.05, 3.63) is 28.5 Å². The highest BCUT2D eigenvalue weighted by Gasteiger charge is 2.16. The molecule has 3 nitrogen and oxygen atoms in total. The van der Waals surface area contributed by atoms with Crippen LogP contribution in [0.2, 0.25) is 0 Å². The molecular formula is C11H13BrFNO2. The molecule has 1 rings (SSSR count). The molecule has 88 valence electrons. The van der Waals surface area contributed by atoms with Crippen molar-refractivity contribution in [3.8, 4) is 0 Å². The Bertz CT molecular complexity index is 396. The van der Waals surface area contributed by atoms with Crippen LogP contribution in [0, 0.1) is 11.7 Å². The highest BCUT2D eigenvalue weighted by atomic mass is 79.9. The predicted molar refractivity (Wildman–Crippen MR) is 64.3 cm³/mol. The third kappa shape index (κ3) is 3.20. The van der Waals surface area contributed by atoms with Gasteiger partial charge in [0.25, 0.3) is 0 Å². The Hall–Kier alpha value is -1.10. The van der Waals surface area contributed by atoms with Gasteiger partial charge in [-0.05, 0) is 40.0 Å². The number of benzene rings is 1. The van der Waals surface area contributed by atoms with Gasteiger partial charge in [0.15, 0.2) is 0 Å². The Kier molecular flexibility index (Phi) is 4.29. The van der Waals surface area contributed by atoms with Crippen LogP contribution in [0.25, 0.3) is 0 Å². The lowest BCUT2D eigenvalue weighted by atomic mass is 10.2. The summed E-state index contributed by atoms with van der Waals surface area (Å²) in [4.78, 5) is 12.2. The van der Waals surface area contributed by atoms with Crippen LogP contribution < -0.4 is 4.90 Å². The van der Waals surface area contributed by atoms with Crippen LogP contribution >= 0.6 is 15.9 Å². The van der Waals surface area contributed by atoms with Crippen LogP contribution in [0.1, 0.15) is 13.8 Å². The van der Waals surface area contributed by atoms with E-state index in [1.165, 1.54) is 12.1 Å². The fourth-order valence-electron chi connectivity index (χ4n) is 1.31. The lowest BCUT2D eigenvalue weighted by molar-refractivity contribution is 0.201. The summed E-state index contributed by atoms with van der Waals surface area (Å²) in [5.74, 6) is -0.282. The van der Waals surface area contributed by atoms with Crippen LogP contribution in [-0.2, 0) is 0 Å². The van der Waals surface area contributed by atoms with Gasteiger partial charge >= 0.3 is 6.09 Å². The third-order valence-electron chi connectivity index (χ3n) is 1.99. The SMILES string of the molecule is CC(C)CN(C(=O)O)c1ccc(Br)c(F)c1. The second-order valence-electron chi connectivity index (χ2n) is 3.89. The van der Waals surface area contributed by atoms with E-state index in [4.69, 9.17) is 5.11 Å². The van der Waals surface area contributed by atoms with E-state index in [1.54, 1.807) is 6.07 Å². The van der Waals surface area contributed by atoms with Gasteiger partial charge in [-0.25, -0.2) is 9.18 Å². The standard InChI is InChI=1S/C11H13BrFNO2/c1-7(2)6-14(11(15)16)8-3-4-9(12)10(13)5-8/h3-5,7H,6H2,1-2H3,(H,15,16). The van der Waals surface area contributed by atoms with Crippen molar-refractivity contribution >= 4 is 27.7 Å². The highest BCUT2D eigenvalue weighted by Crippen LogP contribution is 2.23. The fourth-order valence-corrected chi connectivity index (χ4v) is 1.56. The van der Waals surface area contributed by atoms with Crippen molar-refractivity contribution in [2.75, 3.05) is 11.4 Å². The summed E-state index contributed by atoms with van der Waals surface area (Å²) < 4.78 is 13.6. The molecule has 0 fully saturated rings. The van der Waals surface area contributed by atoms with Crippen LogP contribution in [0.5, 0.6) is 0 Å². The van der Waals surface area contributed by atoms with Crippen LogP contribution in [0.15, 0.2) is 22.7 Å². The van der Waals surface area contributed by atoms with E-state index in [1.807, 2.05) is 13.8 Å². The molecule has 1 N–H and O–H groups in total. The number of anilines is 1. The number of rotatable bonds is 3. The maximum atomic E-state index is 13.3. The van der Waals surface area contributed by atoms with Crippen molar-refractivity contribution < 1.29 is 14.3 Å². The van der Waals surface area contributed by atoms with Crippen molar-refractivity contribution in [1.82, 2.24) is 0 Å². The molecule has 1 aromatic rings. The molecule has 0 aliphatic carbocycles. The van der Waals surface area contributed by atoms with Crippen LogP contribution in [0.4, 0.5) is 14.9 Å². The van der Waals surface area contributed by atoms with Gasteiger partial charge in [0.05, 0.1) is 10.2 Å². The second kappa shape index (κ2) is 5.30. The Morgan fingerprint density at radius 1 is 1.56 bits per heavy atom. The number of halogens is 2. The van der Waals surface area contributed by atoms with Gasteiger partial charge in [-0.3, -0.25) is 4.90 Å². The second-order valence-corrected chi connectivity index (χ2v) is 4.74. The number of carboxylic acid groups (broad SMARTS) is 1. The third-order valence-corrected chi connectivity index (χ3v) is 2.64. The molecule has 0 aliphatic rings. The normalized spacial score (nSPS) is 10.6. The first-order valence-electron chi connectivity index (χ1n) is 4.87. The predicted octanol–water partition coefficient (Wildman–Crippen LogP) is 3.73. The molecule has 0 spiro atoms. The zero-order valence-electron chi connectivity index (χ0n) is 9.08. The summed E-state index contributed by atoms with van der Waals surface area (Å²) in [5.41, 5.74) is 0.349. The first-order valence-corrected chi connectivity index (χ1v) is 5.66. The Balaban J connectivity index is 3.01. The number of amides is 1. The molecule has 5 heteroatoms. The van der Waals surface area contributed by atoms with Gasteiger partial charge in [0.1, 0.15) is 5.82 Å². The summed E-state index contributed by atoms with van der Waals surface area (Å²) in [5, 5.41) is 9.03. The molecule has 0 radical (unpaired) electrons. The number of nitrogens with zero attached hydrogens (tertiary/aromatic N) is 1. The van der Waals surface area contributed by atoms with E-state index in [0.29, 0.717) is 16.7 Å². The average molecular weight is 290 g/mol. The molecule has 1 amide bonds. The van der Waals surface area contributed by atoms with Crippen molar-refractivity contribution in [1.29, 1.82) is 0 Å². The molecule has 0 unspecified atom stereocenters. The quantitative estimate of drug-likeness (QED) is 0.921. The summed E-state index contributed by atoms with van der Waals surface area (Å²) in [6.07, 6.45) is -1.07. The van der Waals surface area contributed by atoms with Gasteiger partial charge in [-0.15, -0.1) is 0 Å². The summed E-state index contributed by atoms with van der Waals surface area (Å²) in [7, 11) is 0. The van der Waals surface area contributed by atoms with E-state index in [9.17, 15) is 9.18 Å². The Morgan fingerprint density at radius 3 is 2.62 bits per heavy atom. The van der Waals surface area contributed by atoms with E-state index in [2.05, 4.69) is 15.9 Å². The minimum absolute atomic E-state index is 0.183. The zero-order chi connectivity index (χ0) is 12.3. The van der Waals surface area contributed by atoms with Gasteiger partial charge in [-0.1, -0.05) is 13.8 Å². The lowest BCUT2D eigenvalue weighted by Gasteiger charge is -2.21. The maximum absolute atomic E-state index is 13.3. The van der Waals surface area contributed by atoms with Crippen molar-refractivity contribution in [3.63, 3.8) is 0 Å². The first kappa shape index (κ1) is 13.0. The van der Waals surface area contributed by atoms with E-state index in [-0.39, 0.29) is 5.92 Å². The number of hydrogen-bond donors (Lipinski definition) is 1. The molecule has 0 saturated carbocycles. The minimum atomic E-state index is -1.07. The monoisotopic (exact) mass is 289 g/mol. The van der Waals surface area contributed by atoms with E-state index in [0.717, 1.165) is 4.90 Å². The summed E-state index contributed by atoms with van der Waals surface area (Å²) in [6.45, 7) is 4.16. The summed E-state index contributed by atoms with van der Waals surface area (Å²) >= 11 is 3.03. The van der Waals surface area contributed by atoms with Gasteiger partial charge in [0.2, 0.25) is 0 Å². The van der Waals surface area contributed by atoms with Gasteiger partial charge in [-0.2, -0.15) is 0 Å². The molecule has 0 bridgehead atoms. The largest absolute Gasteiger partial charge is 0.465 e. The Morgan fingerprint density at radius 2 is 2.19 bits per heavy atom. The van der Waals surface area contributed by atoms with Gasteiger partial charge in [0, 0.05) is 6.54 Å². The molecule has 0 aromatic heterocycles. The molecule has 0 atom stereocenters. The van der Waals surface area contributed by atoms with Crippen molar-refractivity contribution in [2.45, 2.75) is 13.8 Å². The molecule has 0 aliphatic heterocycles. The Labute approximate surface area is 102 Å². The van der Waals surface area contributed by atoms with E-state index >= 15 is 0 Å². The van der Waals surface area contributed by atoms with Crippen LogP contribution in [0.3, 0.4) is 0 Å². The van der Waals surface area contributed by atoms with Crippen molar-refractivity contribution in [2.24, 2.45) is 5.92 Å². The topological polar surface area (TPSA) is 40.5 Å². The minimum Gasteiger partial charge on any atom is -0.465 e. The lowest BCUT2D eigenvalue weighted by Crippen LogP contribution is -2.32. The van der Waals surface area contributed by atoms with Gasteiger partial charge < -0.3 is 5.11 Å². The highest BCUT2D eigenvalue weighted by molar-refractivity contribution is 9.10. The first-order chi connectivity index (χ1) is 7.41. The molecule has 1 aromatic carbocycles. The maximum Gasteiger partial charge on any atom is 0.411 e. The molecule has 16 heavy (non-hydrogen) atoms. The number of carbonyl (C=O) groups is 1. The fraction of sp³-hybridized carbons (Fsp3) is 0.364. The number of hydrogen-bond acceptors (Lipinski definition) is 1. The molecular weight excluding hydrogens is 277 g/mol. The molecule has 0 heterocycles. The average Bonchev–Trinajstić information content (AvgIpc) is 2.18. The van der Waals surface area contributed by atoms with E-state index < -0.39 is 11.9 Å². The molecule has 0 saturated heterocycles. The summed E-state index contributed by atoms with van der Waals surface area (Å²) in [6, 6.07) is 4.28.